The molecule has 3 N–H and O–H groups in total. The number of aliphatic hydroxyl groups excluding tert-OH is 1. The average molecular weight is 363 g/mol. The molecule has 3 rings (SSSR count). The first kappa shape index (κ1) is 18.8. The van der Waals surface area contributed by atoms with Crippen LogP contribution in [0.1, 0.15) is 30.9 Å². The number of aromatic nitrogens is 3. The summed E-state index contributed by atoms with van der Waals surface area (Å²) in [6.45, 7) is 6.90. The molecule has 0 radical (unpaired) electrons. The first-order chi connectivity index (χ1) is 13.1. The second kappa shape index (κ2) is 8.60. The van der Waals surface area contributed by atoms with Gasteiger partial charge >= 0.3 is 0 Å². The van der Waals surface area contributed by atoms with Crippen molar-refractivity contribution in [3.8, 4) is 11.4 Å². The van der Waals surface area contributed by atoms with Crippen LogP contribution >= 0.6 is 0 Å². The fourth-order valence-corrected chi connectivity index (χ4v) is 2.95. The standard InChI is InChI=1S/C21H25N5O/c1-14(2)17-8-7-16(12-15(17)3)24-20-13-19(18-6-4-5-9-22-18)25-21(26-20)23-10-11-27/h4-9,12-14,27H,10-11H2,1-3H3,(H2,23,24,25,26). The monoisotopic (exact) mass is 363 g/mol. The number of rotatable bonds is 7. The Labute approximate surface area is 159 Å². The summed E-state index contributed by atoms with van der Waals surface area (Å²) in [5, 5.41) is 15.5. The van der Waals surface area contributed by atoms with E-state index in [2.05, 4.69) is 64.6 Å². The van der Waals surface area contributed by atoms with Crippen LogP contribution in [-0.2, 0) is 0 Å². The van der Waals surface area contributed by atoms with Crippen LogP contribution in [0.5, 0.6) is 0 Å². The Balaban J connectivity index is 1.93. The lowest BCUT2D eigenvalue weighted by Gasteiger charge is -2.14. The van der Waals surface area contributed by atoms with Crippen LogP contribution in [0, 0.1) is 6.92 Å². The number of benzene rings is 1. The van der Waals surface area contributed by atoms with Gasteiger partial charge in [-0.3, -0.25) is 4.98 Å². The summed E-state index contributed by atoms with van der Waals surface area (Å²) in [7, 11) is 0. The number of pyridine rings is 1. The van der Waals surface area contributed by atoms with Gasteiger partial charge in [-0.2, -0.15) is 4.98 Å². The summed E-state index contributed by atoms with van der Waals surface area (Å²) < 4.78 is 0. The number of aliphatic hydroxyl groups is 1. The van der Waals surface area contributed by atoms with Crippen molar-refractivity contribution >= 4 is 17.5 Å². The molecule has 0 fully saturated rings. The SMILES string of the molecule is Cc1cc(Nc2cc(-c3ccccn3)nc(NCCO)n2)ccc1C(C)C. The quantitative estimate of drug-likeness (QED) is 0.586. The molecule has 0 amide bonds. The van der Waals surface area contributed by atoms with Crippen molar-refractivity contribution in [2.45, 2.75) is 26.7 Å². The third-order valence-corrected chi connectivity index (χ3v) is 4.21. The van der Waals surface area contributed by atoms with Crippen LogP contribution in [0.3, 0.4) is 0 Å². The number of anilines is 3. The van der Waals surface area contributed by atoms with Gasteiger partial charge in [-0.05, 0) is 48.2 Å². The van der Waals surface area contributed by atoms with Crippen molar-refractivity contribution in [1.82, 2.24) is 15.0 Å². The fourth-order valence-electron chi connectivity index (χ4n) is 2.95. The minimum absolute atomic E-state index is 0.00972. The largest absolute Gasteiger partial charge is 0.395 e. The zero-order valence-corrected chi connectivity index (χ0v) is 15.9. The second-order valence-corrected chi connectivity index (χ2v) is 6.68. The van der Waals surface area contributed by atoms with Gasteiger partial charge in [0, 0.05) is 24.5 Å². The molecule has 3 aromatic rings. The van der Waals surface area contributed by atoms with Gasteiger partial charge < -0.3 is 15.7 Å². The maximum Gasteiger partial charge on any atom is 0.225 e. The Kier molecular flexibility index (Phi) is 5.98. The van der Waals surface area contributed by atoms with Gasteiger partial charge in [0.05, 0.1) is 18.0 Å². The molecule has 0 aliphatic heterocycles. The Morgan fingerprint density at radius 3 is 2.56 bits per heavy atom. The summed E-state index contributed by atoms with van der Waals surface area (Å²) >= 11 is 0. The molecular formula is C21H25N5O. The van der Waals surface area contributed by atoms with E-state index >= 15 is 0 Å². The van der Waals surface area contributed by atoms with Crippen molar-refractivity contribution < 1.29 is 5.11 Å². The predicted octanol–water partition coefficient (Wildman–Crippen LogP) is 4.12. The van der Waals surface area contributed by atoms with Crippen LogP contribution in [-0.4, -0.2) is 33.2 Å². The van der Waals surface area contributed by atoms with E-state index in [-0.39, 0.29) is 6.61 Å². The minimum atomic E-state index is 0.00972. The Bertz CT molecular complexity index is 896. The molecule has 0 saturated carbocycles. The summed E-state index contributed by atoms with van der Waals surface area (Å²) in [6, 6.07) is 13.9. The topological polar surface area (TPSA) is 83.0 Å². The van der Waals surface area contributed by atoms with E-state index in [1.54, 1.807) is 6.20 Å². The van der Waals surface area contributed by atoms with Gasteiger partial charge in [0.25, 0.3) is 0 Å². The molecule has 1 aromatic carbocycles. The van der Waals surface area contributed by atoms with Crippen LogP contribution < -0.4 is 10.6 Å². The van der Waals surface area contributed by atoms with Crippen molar-refractivity contribution in [3.63, 3.8) is 0 Å². The number of nitrogens with zero attached hydrogens (tertiary/aromatic N) is 3. The number of aryl methyl sites for hydroxylation is 1. The van der Waals surface area contributed by atoms with Gasteiger partial charge in [-0.1, -0.05) is 26.0 Å². The molecule has 6 nitrogen and oxygen atoms in total. The lowest BCUT2D eigenvalue weighted by atomic mass is 9.98. The maximum absolute atomic E-state index is 9.07. The Hall–Kier alpha value is -2.99. The smallest absolute Gasteiger partial charge is 0.225 e. The van der Waals surface area contributed by atoms with E-state index in [0.717, 1.165) is 11.4 Å². The first-order valence-electron chi connectivity index (χ1n) is 9.09. The van der Waals surface area contributed by atoms with E-state index in [9.17, 15) is 0 Å². The summed E-state index contributed by atoms with van der Waals surface area (Å²) in [5.74, 6) is 1.61. The third-order valence-electron chi connectivity index (χ3n) is 4.21. The molecule has 0 aliphatic carbocycles. The number of nitrogens with one attached hydrogen (secondary N) is 2. The molecule has 0 bridgehead atoms. The van der Waals surface area contributed by atoms with E-state index < -0.39 is 0 Å². The molecule has 27 heavy (non-hydrogen) atoms. The van der Waals surface area contributed by atoms with Crippen LogP contribution in [0.25, 0.3) is 11.4 Å². The van der Waals surface area contributed by atoms with Gasteiger partial charge in [0.1, 0.15) is 5.82 Å². The van der Waals surface area contributed by atoms with Crippen LogP contribution in [0.4, 0.5) is 17.5 Å². The number of hydrogen-bond acceptors (Lipinski definition) is 6. The number of hydrogen-bond donors (Lipinski definition) is 3. The van der Waals surface area contributed by atoms with E-state index in [4.69, 9.17) is 5.11 Å². The fraction of sp³-hybridized carbons (Fsp3) is 0.286. The Morgan fingerprint density at radius 2 is 1.89 bits per heavy atom. The van der Waals surface area contributed by atoms with Gasteiger partial charge in [-0.25, -0.2) is 4.98 Å². The van der Waals surface area contributed by atoms with E-state index in [1.165, 1.54) is 11.1 Å². The highest BCUT2D eigenvalue weighted by Crippen LogP contribution is 2.26. The molecule has 2 aromatic heterocycles. The predicted molar refractivity (Wildman–Crippen MR) is 109 cm³/mol. The van der Waals surface area contributed by atoms with Crippen LogP contribution in [0.2, 0.25) is 0 Å². The zero-order valence-electron chi connectivity index (χ0n) is 15.9. The lowest BCUT2D eigenvalue weighted by molar-refractivity contribution is 0.311. The second-order valence-electron chi connectivity index (χ2n) is 6.68. The van der Waals surface area contributed by atoms with Crippen molar-refractivity contribution in [1.29, 1.82) is 0 Å². The highest BCUT2D eigenvalue weighted by molar-refractivity contribution is 5.65. The van der Waals surface area contributed by atoms with Crippen molar-refractivity contribution in [3.05, 3.63) is 59.8 Å². The lowest BCUT2D eigenvalue weighted by Crippen LogP contribution is -2.10. The molecule has 0 atom stereocenters. The Morgan fingerprint density at radius 1 is 1.04 bits per heavy atom. The van der Waals surface area contributed by atoms with E-state index in [0.29, 0.717) is 29.9 Å². The third kappa shape index (κ3) is 4.80. The maximum atomic E-state index is 9.07. The highest BCUT2D eigenvalue weighted by atomic mass is 16.3. The molecule has 140 valence electrons. The molecule has 2 heterocycles. The van der Waals surface area contributed by atoms with Crippen LogP contribution in [0.15, 0.2) is 48.7 Å². The van der Waals surface area contributed by atoms with Crippen molar-refractivity contribution in [2.24, 2.45) is 0 Å². The molecule has 0 unspecified atom stereocenters. The average Bonchev–Trinajstić information content (AvgIpc) is 2.66. The molecule has 6 heteroatoms. The minimum Gasteiger partial charge on any atom is -0.395 e. The van der Waals surface area contributed by atoms with Gasteiger partial charge in [-0.15, -0.1) is 0 Å². The highest BCUT2D eigenvalue weighted by Gasteiger charge is 2.09. The molecular weight excluding hydrogens is 338 g/mol. The molecule has 0 aliphatic rings. The zero-order chi connectivity index (χ0) is 19.2. The van der Waals surface area contributed by atoms with Crippen molar-refractivity contribution in [2.75, 3.05) is 23.8 Å². The van der Waals surface area contributed by atoms with Gasteiger partial charge in [0.2, 0.25) is 5.95 Å². The first-order valence-corrected chi connectivity index (χ1v) is 9.09. The summed E-state index contributed by atoms with van der Waals surface area (Å²) in [5.41, 5.74) is 5.02. The normalized spacial score (nSPS) is 10.9. The van der Waals surface area contributed by atoms with Gasteiger partial charge in [0.15, 0.2) is 0 Å². The summed E-state index contributed by atoms with van der Waals surface area (Å²) in [4.78, 5) is 13.4. The van der Waals surface area contributed by atoms with E-state index in [1.807, 2.05) is 24.3 Å². The molecule has 0 spiro atoms. The summed E-state index contributed by atoms with van der Waals surface area (Å²) in [6.07, 6.45) is 1.74. The molecule has 0 saturated heterocycles.